The van der Waals surface area contributed by atoms with Gasteiger partial charge in [0.05, 0.1) is 0 Å². The average Bonchev–Trinajstić information content (AvgIpc) is 2.56. The van der Waals surface area contributed by atoms with Crippen LogP contribution in [0.4, 0.5) is 0 Å². The molecule has 2 amide bonds. The number of hydrazone groups is 2. The summed E-state index contributed by atoms with van der Waals surface area (Å²) < 4.78 is 0. The van der Waals surface area contributed by atoms with Gasteiger partial charge < -0.3 is 0 Å². The summed E-state index contributed by atoms with van der Waals surface area (Å²) in [5.41, 5.74) is 7.32. The summed E-state index contributed by atoms with van der Waals surface area (Å²) in [5.74, 6) is -0.702. The molecule has 0 spiro atoms. The zero-order valence-electron chi connectivity index (χ0n) is 13.4. The molecule has 0 bridgehead atoms. The summed E-state index contributed by atoms with van der Waals surface area (Å²) >= 11 is 0. The van der Waals surface area contributed by atoms with Gasteiger partial charge in [-0.3, -0.25) is 9.59 Å². The Morgan fingerprint density at radius 1 is 0.909 bits per heavy atom. The highest BCUT2D eigenvalue weighted by molar-refractivity contribution is 6.00. The van der Waals surface area contributed by atoms with Crippen LogP contribution in [-0.4, -0.2) is 23.2 Å². The fraction of sp³-hybridized carbons (Fsp3) is 0.375. The van der Waals surface area contributed by atoms with E-state index in [4.69, 9.17) is 0 Å². The van der Waals surface area contributed by atoms with Gasteiger partial charge >= 0.3 is 0 Å². The molecule has 22 heavy (non-hydrogen) atoms. The first-order valence-electron chi connectivity index (χ1n) is 7.25. The third kappa shape index (κ3) is 5.47. The monoisotopic (exact) mass is 302 g/mol. The van der Waals surface area contributed by atoms with E-state index in [1.807, 2.05) is 27.7 Å². The third-order valence-electron chi connectivity index (χ3n) is 3.11. The Morgan fingerprint density at radius 3 is 1.68 bits per heavy atom. The van der Waals surface area contributed by atoms with Crippen molar-refractivity contribution in [2.24, 2.45) is 10.2 Å². The molecule has 0 unspecified atom stereocenters. The molecule has 118 valence electrons. The van der Waals surface area contributed by atoms with E-state index in [9.17, 15) is 9.59 Å². The molecule has 0 saturated carbocycles. The third-order valence-corrected chi connectivity index (χ3v) is 3.11. The van der Waals surface area contributed by atoms with E-state index in [1.54, 1.807) is 18.2 Å². The number of benzene rings is 1. The number of amides is 2. The van der Waals surface area contributed by atoms with Gasteiger partial charge in [-0.05, 0) is 44.9 Å². The highest BCUT2D eigenvalue weighted by Gasteiger charge is 2.09. The highest BCUT2D eigenvalue weighted by Crippen LogP contribution is 2.05. The molecule has 6 nitrogen and oxygen atoms in total. The van der Waals surface area contributed by atoms with Crippen molar-refractivity contribution in [2.75, 3.05) is 0 Å². The first-order valence-corrected chi connectivity index (χ1v) is 7.25. The Hall–Kier alpha value is -2.50. The van der Waals surface area contributed by atoms with Gasteiger partial charge in [-0.25, -0.2) is 10.9 Å². The van der Waals surface area contributed by atoms with E-state index in [0.717, 1.165) is 24.3 Å². The van der Waals surface area contributed by atoms with Crippen LogP contribution in [0.15, 0.2) is 34.5 Å². The molecular formula is C16H22N4O2. The van der Waals surface area contributed by atoms with Gasteiger partial charge in [-0.2, -0.15) is 10.2 Å². The van der Waals surface area contributed by atoms with Crippen LogP contribution < -0.4 is 10.9 Å². The van der Waals surface area contributed by atoms with Crippen LogP contribution >= 0.6 is 0 Å². The van der Waals surface area contributed by atoms with Crippen LogP contribution in [0.2, 0.25) is 0 Å². The molecule has 0 atom stereocenters. The first kappa shape index (κ1) is 17.6. The van der Waals surface area contributed by atoms with Crippen LogP contribution in [0, 0.1) is 0 Å². The second-order valence-electron chi connectivity index (χ2n) is 4.86. The molecule has 1 aromatic carbocycles. The standard InChI is InChI=1S/C16H22N4O2/c1-5-11(3)17-19-15(21)13-8-7-9-14(10-13)16(22)20-18-12(4)6-2/h7-10H,5-6H2,1-4H3,(H,19,21)(H,20,22). The lowest BCUT2D eigenvalue weighted by Crippen LogP contribution is -2.22. The Bertz CT molecular complexity index is 557. The lowest BCUT2D eigenvalue weighted by atomic mass is 10.1. The maximum absolute atomic E-state index is 12.0. The summed E-state index contributed by atoms with van der Waals surface area (Å²) in [6.07, 6.45) is 1.52. The number of nitrogens with one attached hydrogen (secondary N) is 2. The maximum atomic E-state index is 12.0. The van der Waals surface area contributed by atoms with Crippen LogP contribution in [0.1, 0.15) is 61.3 Å². The number of hydrogen-bond donors (Lipinski definition) is 2. The van der Waals surface area contributed by atoms with Crippen LogP contribution in [0.3, 0.4) is 0 Å². The second kappa shape index (κ2) is 8.71. The largest absolute Gasteiger partial charge is 0.271 e. The van der Waals surface area contributed by atoms with Crippen molar-refractivity contribution in [3.63, 3.8) is 0 Å². The van der Waals surface area contributed by atoms with Gasteiger partial charge in [0.25, 0.3) is 11.8 Å². The fourth-order valence-electron chi connectivity index (χ4n) is 1.38. The minimum Gasteiger partial charge on any atom is -0.267 e. The predicted octanol–water partition coefficient (Wildman–Crippen LogP) is 2.72. The Morgan fingerprint density at radius 2 is 1.32 bits per heavy atom. The minimum absolute atomic E-state index is 0.351. The van der Waals surface area contributed by atoms with Gasteiger partial charge in [-0.15, -0.1) is 0 Å². The topological polar surface area (TPSA) is 82.9 Å². The Labute approximate surface area is 130 Å². The van der Waals surface area contributed by atoms with E-state index < -0.39 is 0 Å². The van der Waals surface area contributed by atoms with Crippen molar-refractivity contribution in [3.8, 4) is 0 Å². The molecule has 0 fully saturated rings. The molecule has 0 aliphatic heterocycles. The molecule has 0 aromatic heterocycles. The first-order chi connectivity index (χ1) is 10.5. The molecule has 1 rings (SSSR count). The zero-order valence-corrected chi connectivity index (χ0v) is 13.4. The van der Waals surface area contributed by atoms with E-state index in [1.165, 1.54) is 6.07 Å². The van der Waals surface area contributed by atoms with Crippen LogP contribution in [0.25, 0.3) is 0 Å². The van der Waals surface area contributed by atoms with E-state index in [2.05, 4.69) is 21.1 Å². The summed E-state index contributed by atoms with van der Waals surface area (Å²) in [6, 6.07) is 6.42. The molecule has 0 saturated heterocycles. The Balaban J connectivity index is 2.81. The van der Waals surface area contributed by atoms with Gasteiger partial charge in [-0.1, -0.05) is 19.9 Å². The van der Waals surface area contributed by atoms with Crippen molar-refractivity contribution in [2.45, 2.75) is 40.5 Å². The van der Waals surface area contributed by atoms with E-state index >= 15 is 0 Å². The van der Waals surface area contributed by atoms with Gasteiger partial charge in [0.1, 0.15) is 0 Å². The Kier molecular flexibility index (Phi) is 6.95. The highest BCUT2D eigenvalue weighted by atomic mass is 16.2. The molecule has 2 N–H and O–H groups in total. The number of carbonyl (C=O) groups is 2. The number of nitrogens with zero attached hydrogens (tertiary/aromatic N) is 2. The number of rotatable bonds is 6. The summed E-state index contributed by atoms with van der Waals surface area (Å²) in [7, 11) is 0. The van der Waals surface area contributed by atoms with Gasteiger partial charge in [0, 0.05) is 22.6 Å². The molecule has 0 aliphatic carbocycles. The lowest BCUT2D eigenvalue weighted by Gasteiger charge is -2.05. The molecule has 6 heteroatoms. The summed E-state index contributed by atoms with van der Waals surface area (Å²) in [4.78, 5) is 23.9. The smallest absolute Gasteiger partial charge is 0.267 e. The predicted molar refractivity (Wildman–Crippen MR) is 88.2 cm³/mol. The van der Waals surface area contributed by atoms with Gasteiger partial charge in [0.2, 0.25) is 0 Å². The molecule has 0 heterocycles. The van der Waals surface area contributed by atoms with Crippen LogP contribution in [-0.2, 0) is 0 Å². The fourth-order valence-corrected chi connectivity index (χ4v) is 1.38. The van der Waals surface area contributed by atoms with Gasteiger partial charge in [0.15, 0.2) is 0 Å². The van der Waals surface area contributed by atoms with E-state index in [0.29, 0.717) is 11.1 Å². The minimum atomic E-state index is -0.351. The summed E-state index contributed by atoms with van der Waals surface area (Å²) in [5, 5.41) is 7.92. The number of carbonyl (C=O) groups excluding carboxylic acids is 2. The average molecular weight is 302 g/mol. The van der Waals surface area contributed by atoms with Crippen molar-refractivity contribution in [3.05, 3.63) is 35.4 Å². The van der Waals surface area contributed by atoms with Crippen LogP contribution in [0.5, 0.6) is 0 Å². The molecule has 1 aromatic rings. The van der Waals surface area contributed by atoms with Crippen molar-refractivity contribution < 1.29 is 9.59 Å². The molecule has 0 aliphatic rings. The maximum Gasteiger partial charge on any atom is 0.271 e. The molecular weight excluding hydrogens is 280 g/mol. The normalized spacial score (nSPS) is 12.0. The van der Waals surface area contributed by atoms with Crippen molar-refractivity contribution in [1.29, 1.82) is 0 Å². The number of hydrogen-bond acceptors (Lipinski definition) is 4. The zero-order chi connectivity index (χ0) is 16.5. The van der Waals surface area contributed by atoms with E-state index in [-0.39, 0.29) is 11.8 Å². The second-order valence-corrected chi connectivity index (χ2v) is 4.86. The van der Waals surface area contributed by atoms with Crippen molar-refractivity contribution in [1.82, 2.24) is 10.9 Å². The lowest BCUT2D eigenvalue weighted by molar-refractivity contribution is 0.0954. The summed E-state index contributed by atoms with van der Waals surface area (Å²) in [6.45, 7) is 7.57. The quantitative estimate of drug-likeness (QED) is 0.625. The molecule has 0 radical (unpaired) electrons. The van der Waals surface area contributed by atoms with Crippen molar-refractivity contribution >= 4 is 23.2 Å². The SMILES string of the molecule is CCC(C)=NNC(=O)c1cccc(C(=O)NN=C(C)CC)c1.